The van der Waals surface area contributed by atoms with Gasteiger partial charge in [0.15, 0.2) is 0 Å². The van der Waals surface area contributed by atoms with Crippen molar-refractivity contribution in [1.82, 2.24) is 0 Å². The molecule has 1 nitrogen and oxygen atoms in total. The monoisotopic (exact) mass is 237 g/mol. The summed E-state index contributed by atoms with van der Waals surface area (Å²) in [7, 11) is 0. The van der Waals surface area contributed by atoms with Crippen LogP contribution in [0.15, 0.2) is 27.7 Å². The Hall–Kier alpha value is -0.630. The van der Waals surface area contributed by atoms with Crippen molar-refractivity contribution in [2.24, 2.45) is 4.99 Å². The van der Waals surface area contributed by atoms with Gasteiger partial charge in [-0.1, -0.05) is 28.1 Å². The fourth-order valence-electron chi connectivity index (χ4n) is 1.68. The first-order valence-electron chi connectivity index (χ1n) is 4.58. The Morgan fingerprint density at radius 1 is 1.38 bits per heavy atom. The van der Waals surface area contributed by atoms with Crippen molar-refractivity contribution >= 4 is 21.6 Å². The molecule has 1 heterocycles. The predicted molar refractivity (Wildman–Crippen MR) is 59.5 cm³/mol. The van der Waals surface area contributed by atoms with Crippen LogP contribution in [-0.2, 0) is 0 Å². The summed E-state index contributed by atoms with van der Waals surface area (Å²) in [6, 6.07) is 6.31. The summed E-state index contributed by atoms with van der Waals surface area (Å²) in [6.07, 6.45) is 2.35. The minimum absolute atomic E-state index is 1.00. The van der Waals surface area contributed by atoms with Crippen molar-refractivity contribution in [2.45, 2.75) is 19.8 Å². The summed E-state index contributed by atoms with van der Waals surface area (Å²) in [4.78, 5) is 4.50. The zero-order valence-corrected chi connectivity index (χ0v) is 9.26. The van der Waals surface area contributed by atoms with E-state index in [1.54, 1.807) is 0 Å². The van der Waals surface area contributed by atoms with Gasteiger partial charge in [0.25, 0.3) is 0 Å². The van der Waals surface area contributed by atoms with Crippen molar-refractivity contribution in [3.05, 3.63) is 33.8 Å². The molecule has 0 N–H and O–H groups in total. The average Bonchev–Trinajstić information content (AvgIpc) is 2.62. The molecular weight excluding hydrogens is 226 g/mol. The molecule has 2 rings (SSSR count). The second kappa shape index (κ2) is 3.62. The van der Waals surface area contributed by atoms with E-state index in [2.05, 4.69) is 46.0 Å². The lowest BCUT2D eigenvalue weighted by Crippen LogP contribution is -1.99. The molecule has 0 unspecified atom stereocenters. The number of benzene rings is 1. The zero-order valence-electron chi connectivity index (χ0n) is 7.68. The molecule has 0 bridgehead atoms. The molecule has 2 heteroatoms. The fraction of sp³-hybridized carbons (Fsp3) is 0.364. The van der Waals surface area contributed by atoms with Gasteiger partial charge >= 0.3 is 0 Å². The third kappa shape index (κ3) is 1.68. The highest BCUT2D eigenvalue weighted by Crippen LogP contribution is 2.23. The number of nitrogens with zero attached hydrogens (tertiary/aromatic N) is 1. The second-order valence-corrected chi connectivity index (χ2v) is 4.20. The number of hydrogen-bond acceptors (Lipinski definition) is 1. The van der Waals surface area contributed by atoms with Crippen molar-refractivity contribution < 1.29 is 0 Å². The summed E-state index contributed by atoms with van der Waals surface area (Å²) >= 11 is 3.54. The molecule has 1 aromatic carbocycles. The maximum atomic E-state index is 4.50. The molecule has 0 amide bonds. The number of hydrogen-bond donors (Lipinski definition) is 0. The Bertz CT molecular complexity index is 355. The van der Waals surface area contributed by atoms with Gasteiger partial charge in [0.05, 0.1) is 0 Å². The van der Waals surface area contributed by atoms with Gasteiger partial charge in [-0.15, -0.1) is 0 Å². The quantitative estimate of drug-likeness (QED) is 0.711. The van der Waals surface area contributed by atoms with E-state index in [1.807, 2.05) is 0 Å². The lowest BCUT2D eigenvalue weighted by Gasteiger charge is -2.06. The molecule has 0 atom stereocenters. The highest BCUT2D eigenvalue weighted by molar-refractivity contribution is 9.10. The molecule has 1 aliphatic heterocycles. The minimum atomic E-state index is 1.00. The normalized spacial score (nSPS) is 16.0. The smallest absolute Gasteiger partial charge is 0.0424 e. The van der Waals surface area contributed by atoms with Crippen LogP contribution < -0.4 is 0 Å². The summed E-state index contributed by atoms with van der Waals surface area (Å²) in [5, 5.41) is 0. The Labute approximate surface area is 87.0 Å². The van der Waals surface area contributed by atoms with Crippen molar-refractivity contribution in [3.63, 3.8) is 0 Å². The first-order chi connectivity index (χ1) is 6.29. The van der Waals surface area contributed by atoms with Crippen LogP contribution in [0.25, 0.3) is 0 Å². The third-order valence-corrected chi connectivity index (χ3v) is 3.31. The van der Waals surface area contributed by atoms with Gasteiger partial charge in [-0.25, -0.2) is 0 Å². The standard InChI is InChI=1S/C11H12BrN/c1-8-9(4-2-5-10(8)12)11-6-3-7-13-11/h2,4-5H,3,6-7H2,1H3. The summed E-state index contributed by atoms with van der Waals surface area (Å²) in [5.74, 6) is 0. The Kier molecular flexibility index (Phi) is 2.49. The highest BCUT2D eigenvalue weighted by Gasteiger charge is 2.11. The van der Waals surface area contributed by atoms with Gasteiger partial charge in [-0.2, -0.15) is 0 Å². The van der Waals surface area contributed by atoms with Crippen LogP contribution in [0.1, 0.15) is 24.0 Å². The van der Waals surface area contributed by atoms with E-state index in [9.17, 15) is 0 Å². The van der Waals surface area contributed by atoms with Gasteiger partial charge in [0, 0.05) is 16.7 Å². The topological polar surface area (TPSA) is 12.4 Å². The molecule has 0 aromatic heterocycles. The van der Waals surface area contributed by atoms with Gasteiger partial charge in [0.1, 0.15) is 0 Å². The summed E-state index contributed by atoms with van der Waals surface area (Å²) in [5.41, 5.74) is 3.90. The van der Waals surface area contributed by atoms with Gasteiger partial charge in [-0.3, -0.25) is 4.99 Å². The van der Waals surface area contributed by atoms with E-state index in [0.29, 0.717) is 0 Å². The van der Waals surface area contributed by atoms with Crippen LogP contribution in [0.5, 0.6) is 0 Å². The SMILES string of the molecule is Cc1c(Br)cccc1C1=NCCC1. The fourth-order valence-corrected chi connectivity index (χ4v) is 2.05. The number of aliphatic imine (C=N–C) groups is 1. The minimum Gasteiger partial charge on any atom is -0.289 e. The molecule has 0 aliphatic carbocycles. The second-order valence-electron chi connectivity index (χ2n) is 3.34. The van der Waals surface area contributed by atoms with Gasteiger partial charge in [-0.05, 0) is 37.0 Å². The molecule has 0 fully saturated rings. The van der Waals surface area contributed by atoms with E-state index >= 15 is 0 Å². The predicted octanol–water partition coefficient (Wildman–Crippen LogP) is 3.34. The summed E-state index contributed by atoms with van der Waals surface area (Å²) in [6.45, 7) is 3.14. The molecule has 0 radical (unpaired) electrons. The molecule has 0 saturated heterocycles. The first-order valence-corrected chi connectivity index (χ1v) is 5.37. The number of rotatable bonds is 1. The van der Waals surface area contributed by atoms with E-state index in [1.165, 1.54) is 27.7 Å². The molecule has 13 heavy (non-hydrogen) atoms. The summed E-state index contributed by atoms with van der Waals surface area (Å²) < 4.78 is 1.18. The number of halogens is 1. The Morgan fingerprint density at radius 3 is 2.92 bits per heavy atom. The van der Waals surface area contributed by atoms with Gasteiger partial charge < -0.3 is 0 Å². The molecule has 1 aliphatic rings. The third-order valence-electron chi connectivity index (χ3n) is 2.45. The average molecular weight is 238 g/mol. The van der Waals surface area contributed by atoms with Crippen molar-refractivity contribution in [2.75, 3.05) is 6.54 Å². The lowest BCUT2D eigenvalue weighted by molar-refractivity contribution is 0.951. The van der Waals surface area contributed by atoms with Gasteiger partial charge in [0.2, 0.25) is 0 Å². The zero-order chi connectivity index (χ0) is 9.26. The van der Waals surface area contributed by atoms with Crippen LogP contribution in [0.4, 0.5) is 0 Å². The van der Waals surface area contributed by atoms with Crippen LogP contribution in [0.3, 0.4) is 0 Å². The Balaban J connectivity index is 2.45. The van der Waals surface area contributed by atoms with Crippen molar-refractivity contribution in [3.8, 4) is 0 Å². The van der Waals surface area contributed by atoms with Crippen LogP contribution >= 0.6 is 15.9 Å². The van der Waals surface area contributed by atoms with E-state index in [0.717, 1.165) is 13.0 Å². The molecular formula is C11H12BrN. The molecule has 68 valence electrons. The lowest BCUT2D eigenvalue weighted by atomic mass is 10.0. The largest absolute Gasteiger partial charge is 0.289 e. The molecule has 0 saturated carbocycles. The van der Waals surface area contributed by atoms with Crippen molar-refractivity contribution in [1.29, 1.82) is 0 Å². The van der Waals surface area contributed by atoms with Crippen LogP contribution in [0, 0.1) is 6.92 Å². The van der Waals surface area contributed by atoms with Crippen LogP contribution in [0.2, 0.25) is 0 Å². The van der Waals surface area contributed by atoms with E-state index in [-0.39, 0.29) is 0 Å². The maximum Gasteiger partial charge on any atom is 0.0424 e. The van der Waals surface area contributed by atoms with E-state index in [4.69, 9.17) is 0 Å². The molecule has 0 spiro atoms. The first kappa shape index (κ1) is 8.95. The maximum absolute atomic E-state index is 4.50. The Morgan fingerprint density at radius 2 is 2.23 bits per heavy atom. The highest BCUT2D eigenvalue weighted by atomic mass is 79.9. The van der Waals surface area contributed by atoms with E-state index < -0.39 is 0 Å². The van der Waals surface area contributed by atoms with Crippen LogP contribution in [-0.4, -0.2) is 12.3 Å². The molecule has 1 aromatic rings.